The fraction of sp³-hybridized carbons (Fsp3) is 0.500. The van der Waals surface area contributed by atoms with Crippen LogP contribution in [-0.2, 0) is 6.18 Å². The number of pyridine rings is 1. The molecule has 1 atom stereocenters. The van der Waals surface area contributed by atoms with Crippen LogP contribution in [0.4, 0.5) is 38.2 Å². The molecule has 154 valence electrons. The van der Waals surface area contributed by atoms with Crippen LogP contribution in [0.3, 0.4) is 0 Å². The topological polar surface area (TPSA) is 75.6 Å². The van der Waals surface area contributed by atoms with Crippen LogP contribution in [0.1, 0.15) is 32.4 Å². The molecule has 0 radical (unpaired) electrons. The van der Waals surface area contributed by atoms with E-state index < -0.39 is 30.0 Å². The second-order valence-corrected chi connectivity index (χ2v) is 5.79. The lowest BCUT2D eigenvalue weighted by molar-refractivity contribution is -0.143. The minimum Gasteiger partial charge on any atom is -0.354 e. The largest absolute Gasteiger partial charge is 0.433 e. The summed E-state index contributed by atoms with van der Waals surface area (Å²) in [5.41, 5.74) is -1.40. The average molecular weight is 408 g/mol. The van der Waals surface area contributed by atoms with Gasteiger partial charge in [0.05, 0.1) is 0 Å². The molecule has 0 amide bonds. The normalized spacial score (nSPS) is 13.3. The summed E-state index contributed by atoms with van der Waals surface area (Å²) in [6.07, 6.45) is -8.85. The zero-order valence-corrected chi connectivity index (χ0v) is 15.0. The summed E-state index contributed by atoms with van der Waals surface area (Å²) >= 11 is 0. The van der Waals surface area contributed by atoms with Gasteiger partial charge in [0.25, 0.3) is 0 Å². The van der Waals surface area contributed by atoms with Crippen molar-refractivity contribution < 1.29 is 26.3 Å². The molecule has 2 aromatic rings. The number of nitrogens with zero attached hydrogens (tertiary/aromatic N) is 4. The SMILES string of the molecule is CCCNc1nc(NC(CC)C(F)(F)F)nc(-c2cccc(C(F)(F)F)n2)n1. The first-order valence-corrected chi connectivity index (χ1v) is 8.42. The summed E-state index contributed by atoms with van der Waals surface area (Å²) in [5, 5.41) is 4.95. The van der Waals surface area contributed by atoms with Crippen molar-refractivity contribution in [2.45, 2.75) is 45.1 Å². The highest BCUT2D eigenvalue weighted by molar-refractivity contribution is 5.54. The molecule has 2 N–H and O–H groups in total. The van der Waals surface area contributed by atoms with Gasteiger partial charge in [-0.2, -0.15) is 41.3 Å². The molecule has 0 fully saturated rings. The third-order valence-electron chi connectivity index (χ3n) is 3.54. The van der Waals surface area contributed by atoms with E-state index in [0.29, 0.717) is 13.0 Å². The molecule has 2 heterocycles. The number of hydrogen-bond acceptors (Lipinski definition) is 6. The molecule has 1 unspecified atom stereocenters. The number of aromatic nitrogens is 4. The molecular weight excluding hydrogens is 390 g/mol. The average Bonchev–Trinajstić information content (AvgIpc) is 2.62. The minimum absolute atomic E-state index is 0.0643. The molecular formula is C16H18F6N6. The highest BCUT2D eigenvalue weighted by Crippen LogP contribution is 2.29. The van der Waals surface area contributed by atoms with Gasteiger partial charge in [-0.25, -0.2) is 4.98 Å². The van der Waals surface area contributed by atoms with Crippen molar-refractivity contribution in [1.82, 2.24) is 19.9 Å². The Balaban J connectivity index is 2.46. The lowest BCUT2D eigenvalue weighted by Gasteiger charge is -2.20. The Hall–Kier alpha value is -2.66. The minimum atomic E-state index is -4.68. The van der Waals surface area contributed by atoms with Crippen LogP contribution >= 0.6 is 0 Å². The zero-order chi connectivity index (χ0) is 20.9. The molecule has 0 saturated heterocycles. The van der Waals surface area contributed by atoms with E-state index in [4.69, 9.17) is 0 Å². The second-order valence-electron chi connectivity index (χ2n) is 5.79. The molecule has 6 nitrogen and oxygen atoms in total. The van der Waals surface area contributed by atoms with Gasteiger partial charge in [-0.05, 0) is 25.0 Å². The van der Waals surface area contributed by atoms with Gasteiger partial charge in [0.1, 0.15) is 17.4 Å². The monoisotopic (exact) mass is 408 g/mol. The third kappa shape index (κ3) is 5.67. The van der Waals surface area contributed by atoms with Crippen molar-refractivity contribution in [2.24, 2.45) is 0 Å². The van der Waals surface area contributed by atoms with E-state index in [1.807, 2.05) is 6.92 Å². The van der Waals surface area contributed by atoms with E-state index in [1.165, 1.54) is 13.0 Å². The van der Waals surface area contributed by atoms with Crippen LogP contribution in [0.5, 0.6) is 0 Å². The Kier molecular flexibility index (Phi) is 6.62. The van der Waals surface area contributed by atoms with E-state index in [9.17, 15) is 26.3 Å². The maximum Gasteiger partial charge on any atom is 0.433 e. The number of halogens is 6. The van der Waals surface area contributed by atoms with E-state index >= 15 is 0 Å². The first-order valence-electron chi connectivity index (χ1n) is 8.42. The highest BCUT2D eigenvalue weighted by atomic mass is 19.4. The summed E-state index contributed by atoms with van der Waals surface area (Å²) in [6, 6.07) is 1.21. The van der Waals surface area contributed by atoms with Crippen LogP contribution in [0.15, 0.2) is 18.2 Å². The number of anilines is 2. The number of alkyl halides is 6. The van der Waals surface area contributed by atoms with Crippen molar-refractivity contribution in [1.29, 1.82) is 0 Å². The molecule has 2 rings (SSSR count). The molecule has 0 aromatic carbocycles. The Labute approximate surface area is 156 Å². The Bertz CT molecular complexity index is 792. The molecule has 0 bridgehead atoms. The first kappa shape index (κ1) is 21.6. The van der Waals surface area contributed by atoms with Gasteiger partial charge >= 0.3 is 12.4 Å². The lowest BCUT2D eigenvalue weighted by Crippen LogP contribution is -2.36. The Morgan fingerprint density at radius 2 is 1.61 bits per heavy atom. The van der Waals surface area contributed by atoms with Gasteiger partial charge in [0.15, 0.2) is 5.82 Å². The van der Waals surface area contributed by atoms with Crippen LogP contribution in [0.2, 0.25) is 0 Å². The standard InChI is InChI=1S/C16H18F6N6/c1-3-8-23-13-26-12(9-6-5-7-11(24-9)16(20,21)22)27-14(28-13)25-10(4-2)15(17,18)19/h5-7,10H,3-4,8H2,1-2H3,(H2,23,25,26,27,28). The quantitative estimate of drug-likeness (QED) is 0.656. The lowest BCUT2D eigenvalue weighted by atomic mass is 10.2. The van der Waals surface area contributed by atoms with E-state index in [2.05, 4.69) is 30.6 Å². The summed E-state index contributed by atoms with van der Waals surface area (Å²) in [7, 11) is 0. The summed E-state index contributed by atoms with van der Waals surface area (Å²) < 4.78 is 77.8. The van der Waals surface area contributed by atoms with Gasteiger partial charge in [-0.15, -0.1) is 0 Å². The summed E-state index contributed by atoms with van der Waals surface area (Å²) in [6.45, 7) is 3.59. The number of nitrogens with one attached hydrogen (secondary N) is 2. The molecule has 12 heteroatoms. The van der Waals surface area contributed by atoms with Gasteiger partial charge in [0, 0.05) is 6.54 Å². The van der Waals surface area contributed by atoms with Gasteiger partial charge < -0.3 is 10.6 Å². The van der Waals surface area contributed by atoms with Crippen LogP contribution in [0, 0.1) is 0 Å². The van der Waals surface area contributed by atoms with E-state index in [1.54, 1.807) is 0 Å². The molecule has 0 aliphatic heterocycles. The van der Waals surface area contributed by atoms with Crippen LogP contribution in [-0.4, -0.2) is 38.7 Å². The van der Waals surface area contributed by atoms with Gasteiger partial charge in [-0.3, -0.25) is 0 Å². The molecule has 0 saturated carbocycles. The maximum atomic E-state index is 13.0. The highest BCUT2D eigenvalue weighted by Gasteiger charge is 2.39. The predicted molar refractivity (Wildman–Crippen MR) is 90.6 cm³/mol. The van der Waals surface area contributed by atoms with E-state index in [-0.39, 0.29) is 23.9 Å². The van der Waals surface area contributed by atoms with Crippen molar-refractivity contribution in [3.63, 3.8) is 0 Å². The Morgan fingerprint density at radius 3 is 2.18 bits per heavy atom. The molecule has 2 aromatic heterocycles. The summed E-state index contributed by atoms with van der Waals surface area (Å²) in [4.78, 5) is 15.2. The van der Waals surface area contributed by atoms with Crippen molar-refractivity contribution >= 4 is 11.9 Å². The van der Waals surface area contributed by atoms with E-state index in [0.717, 1.165) is 12.1 Å². The molecule has 0 spiro atoms. The first-order chi connectivity index (χ1) is 13.0. The molecule has 0 aliphatic rings. The number of hydrogen-bond donors (Lipinski definition) is 2. The Morgan fingerprint density at radius 1 is 0.929 bits per heavy atom. The van der Waals surface area contributed by atoms with Crippen LogP contribution in [0.25, 0.3) is 11.5 Å². The smallest absolute Gasteiger partial charge is 0.354 e. The molecule has 0 aliphatic carbocycles. The number of rotatable bonds is 7. The molecule has 28 heavy (non-hydrogen) atoms. The zero-order valence-electron chi connectivity index (χ0n) is 15.0. The fourth-order valence-electron chi connectivity index (χ4n) is 2.16. The van der Waals surface area contributed by atoms with Crippen LogP contribution < -0.4 is 10.6 Å². The van der Waals surface area contributed by atoms with Gasteiger partial charge in [-0.1, -0.05) is 19.9 Å². The third-order valence-corrected chi connectivity index (χ3v) is 3.54. The van der Waals surface area contributed by atoms with Crippen molar-refractivity contribution in [3.05, 3.63) is 23.9 Å². The second kappa shape index (κ2) is 8.57. The van der Waals surface area contributed by atoms with Crippen molar-refractivity contribution in [3.8, 4) is 11.5 Å². The van der Waals surface area contributed by atoms with Crippen molar-refractivity contribution in [2.75, 3.05) is 17.2 Å². The fourth-order valence-corrected chi connectivity index (χ4v) is 2.16. The van der Waals surface area contributed by atoms with Gasteiger partial charge in [0.2, 0.25) is 11.9 Å². The summed E-state index contributed by atoms with van der Waals surface area (Å²) in [5.74, 6) is -0.753. The maximum absolute atomic E-state index is 13.0. The predicted octanol–water partition coefficient (Wildman–Crippen LogP) is 4.53.